The second-order valence-corrected chi connectivity index (χ2v) is 4.91. The van der Waals surface area contributed by atoms with Crippen molar-refractivity contribution in [2.45, 2.75) is 6.10 Å². The molecule has 6 heteroatoms. The lowest BCUT2D eigenvalue weighted by Gasteiger charge is -2.13. The van der Waals surface area contributed by atoms with E-state index in [9.17, 15) is 19.1 Å². The van der Waals surface area contributed by atoms with Gasteiger partial charge in [-0.1, -0.05) is 24.3 Å². The molecule has 2 aromatic carbocycles. The zero-order valence-corrected chi connectivity index (χ0v) is 12.5. The van der Waals surface area contributed by atoms with Crippen LogP contribution in [-0.2, 0) is 0 Å². The van der Waals surface area contributed by atoms with Crippen LogP contribution >= 0.6 is 0 Å². The second-order valence-electron chi connectivity index (χ2n) is 4.91. The van der Waals surface area contributed by atoms with E-state index in [0.29, 0.717) is 5.56 Å². The highest BCUT2D eigenvalue weighted by Crippen LogP contribution is 2.15. The van der Waals surface area contributed by atoms with Crippen molar-refractivity contribution in [3.8, 4) is 0 Å². The molecule has 0 aliphatic heterocycles. The molecule has 0 heterocycles. The van der Waals surface area contributed by atoms with Crippen molar-refractivity contribution in [3.63, 3.8) is 0 Å². The van der Waals surface area contributed by atoms with Crippen molar-refractivity contribution < 1.29 is 19.1 Å². The summed E-state index contributed by atoms with van der Waals surface area (Å²) in [6, 6.07) is 12.0. The summed E-state index contributed by atoms with van der Waals surface area (Å²) >= 11 is 0. The number of halogens is 1. The van der Waals surface area contributed by atoms with Crippen molar-refractivity contribution >= 4 is 11.8 Å². The average molecular weight is 316 g/mol. The summed E-state index contributed by atoms with van der Waals surface area (Å²) in [5, 5.41) is 15.0. The minimum Gasteiger partial charge on any atom is -0.386 e. The van der Waals surface area contributed by atoms with Gasteiger partial charge in [0.15, 0.2) is 0 Å². The number of hydrogen-bond acceptors (Lipinski definition) is 3. The molecule has 1 atom stereocenters. The molecule has 0 saturated carbocycles. The van der Waals surface area contributed by atoms with Gasteiger partial charge in [0.05, 0.1) is 6.10 Å². The third kappa shape index (κ3) is 4.14. The molecule has 120 valence electrons. The lowest BCUT2D eigenvalue weighted by Crippen LogP contribution is -2.29. The molecule has 0 bridgehead atoms. The quantitative estimate of drug-likeness (QED) is 0.785. The molecule has 0 spiro atoms. The van der Waals surface area contributed by atoms with Crippen LogP contribution in [0.2, 0.25) is 0 Å². The topological polar surface area (TPSA) is 78.4 Å². The minimum atomic E-state index is -1.15. The van der Waals surface area contributed by atoms with Crippen LogP contribution in [0.1, 0.15) is 32.4 Å². The van der Waals surface area contributed by atoms with Gasteiger partial charge in [0.25, 0.3) is 11.8 Å². The maximum absolute atomic E-state index is 13.6. The van der Waals surface area contributed by atoms with E-state index in [1.54, 1.807) is 24.3 Å². The predicted octanol–water partition coefficient (Wildman–Crippen LogP) is 1.65. The van der Waals surface area contributed by atoms with Crippen LogP contribution in [0.5, 0.6) is 0 Å². The normalized spacial score (nSPS) is 11.6. The Morgan fingerprint density at radius 1 is 1.09 bits per heavy atom. The van der Waals surface area contributed by atoms with Crippen LogP contribution in [0.15, 0.2) is 48.5 Å². The van der Waals surface area contributed by atoms with Gasteiger partial charge in [-0.05, 0) is 24.3 Å². The molecule has 0 aromatic heterocycles. The second kappa shape index (κ2) is 7.51. The number of aliphatic hydroxyl groups is 1. The van der Waals surface area contributed by atoms with Gasteiger partial charge in [-0.25, -0.2) is 4.39 Å². The zero-order chi connectivity index (χ0) is 16.8. The minimum absolute atomic E-state index is 0.118. The number of hydrogen-bond donors (Lipinski definition) is 3. The van der Waals surface area contributed by atoms with Crippen molar-refractivity contribution in [3.05, 3.63) is 71.0 Å². The third-order valence-corrected chi connectivity index (χ3v) is 3.33. The van der Waals surface area contributed by atoms with Crippen molar-refractivity contribution in [2.24, 2.45) is 0 Å². The van der Waals surface area contributed by atoms with Crippen molar-refractivity contribution in [1.29, 1.82) is 0 Å². The van der Waals surface area contributed by atoms with Crippen LogP contribution in [-0.4, -0.2) is 30.5 Å². The number of benzene rings is 2. The number of carbonyl (C=O) groups is 2. The molecule has 0 fully saturated rings. The molecule has 23 heavy (non-hydrogen) atoms. The summed E-state index contributed by atoms with van der Waals surface area (Å²) < 4.78 is 13.6. The van der Waals surface area contributed by atoms with Crippen LogP contribution in [0.25, 0.3) is 0 Å². The summed E-state index contributed by atoms with van der Waals surface area (Å²) in [7, 11) is 1.50. The Kier molecular flexibility index (Phi) is 5.43. The highest BCUT2D eigenvalue weighted by atomic mass is 19.1. The molecule has 2 aromatic rings. The summed E-state index contributed by atoms with van der Waals surface area (Å²) in [4.78, 5) is 23.6. The molecular formula is C17H17FN2O3. The highest BCUT2D eigenvalue weighted by Gasteiger charge is 2.15. The number of carbonyl (C=O) groups excluding carboxylic acids is 2. The summed E-state index contributed by atoms with van der Waals surface area (Å²) in [6.07, 6.45) is -1.15. The van der Waals surface area contributed by atoms with E-state index in [4.69, 9.17) is 0 Å². The Morgan fingerprint density at radius 2 is 1.74 bits per heavy atom. The van der Waals surface area contributed by atoms with Crippen LogP contribution in [0, 0.1) is 5.82 Å². The van der Waals surface area contributed by atoms with Gasteiger partial charge in [-0.15, -0.1) is 0 Å². The first-order valence-corrected chi connectivity index (χ1v) is 7.05. The van der Waals surface area contributed by atoms with Gasteiger partial charge >= 0.3 is 0 Å². The number of nitrogens with one attached hydrogen (secondary N) is 2. The van der Waals surface area contributed by atoms with E-state index in [1.807, 2.05) is 0 Å². The van der Waals surface area contributed by atoms with E-state index in [0.717, 1.165) is 0 Å². The number of rotatable bonds is 5. The Morgan fingerprint density at radius 3 is 2.39 bits per heavy atom. The standard InChI is InChI=1S/C17H17FN2O3/c1-19-16(22)11-5-4-6-12(9-11)17(23)20-10-15(21)13-7-2-3-8-14(13)18/h2-9,15,21H,10H2,1H3,(H,19,22)(H,20,23). The van der Waals surface area contributed by atoms with Crippen LogP contribution in [0.3, 0.4) is 0 Å². The lowest BCUT2D eigenvalue weighted by atomic mass is 10.1. The first-order valence-electron chi connectivity index (χ1n) is 7.05. The fourth-order valence-electron chi connectivity index (χ4n) is 2.09. The van der Waals surface area contributed by atoms with E-state index in [-0.39, 0.29) is 23.6 Å². The molecule has 3 N–H and O–H groups in total. The highest BCUT2D eigenvalue weighted by molar-refractivity contribution is 5.99. The van der Waals surface area contributed by atoms with Crippen molar-refractivity contribution in [2.75, 3.05) is 13.6 Å². The molecular weight excluding hydrogens is 299 g/mol. The van der Waals surface area contributed by atoms with Crippen LogP contribution < -0.4 is 10.6 Å². The molecule has 1 unspecified atom stereocenters. The van der Waals surface area contributed by atoms with Gasteiger partial charge in [-0.2, -0.15) is 0 Å². The summed E-state index contributed by atoms with van der Waals surface area (Å²) in [5.41, 5.74) is 0.758. The van der Waals surface area contributed by atoms with Crippen molar-refractivity contribution in [1.82, 2.24) is 10.6 Å². The Bertz CT molecular complexity index is 718. The fraction of sp³-hybridized carbons (Fsp3) is 0.176. The molecule has 0 aliphatic carbocycles. The first kappa shape index (κ1) is 16.6. The SMILES string of the molecule is CNC(=O)c1cccc(C(=O)NCC(O)c2ccccc2F)c1. The maximum atomic E-state index is 13.6. The average Bonchev–Trinajstić information content (AvgIpc) is 2.59. The molecule has 0 radical (unpaired) electrons. The zero-order valence-electron chi connectivity index (χ0n) is 12.5. The number of aliphatic hydroxyl groups excluding tert-OH is 1. The van der Waals surface area contributed by atoms with Gasteiger partial charge in [0.2, 0.25) is 0 Å². The van der Waals surface area contributed by atoms with Gasteiger partial charge < -0.3 is 15.7 Å². The number of amides is 2. The van der Waals surface area contributed by atoms with Crippen LogP contribution in [0.4, 0.5) is 4.39 Å². The van der Waals surface area contributed by atoms with E-state index in [2.05, 4.69) is 10.6 Å². The summed E-state index contributed by atoms with van der Waals surface area (Å²) in [5.74, 6) is -1.28. The van der Waals surface area contributed by atoms with Gasteiger partial charge in [0.1, 0.15) is 5.82 Å². The Balaban J connectivity index is 2.02. The molecule has 2 amide bonds. The third-order valence-electron chi connectivity index (χ3n) is 3.33. The van der Waals surface area contributed by atoms with Gasteiger partial charge in [-0.3, -0.25) is 9.59 Å². The maximum Gasteiger partial charge on any atom is 0.251 e. The smallest absolute Gasteiger partial charge is 0.251 e. The summed E-state index contributed by atoms with van der Waals surface area (Å²) in [6.45, 7) is -0.135. The first-order chi connectivity index (χ1) is 11.0. The van der Waals surface area contributed by atoms with E-state index in [1.165, 1.54) is 31.3 Å². The molecule has 0 aliphatic rings. The fourth-order valence-corrected chi connectivity index (χ4v) is 2.09. The molecule has 0 saturated heterocycles. The Hall–Kier alpha value is -2.73. The Labute approximate surface area is 133 Å². The monoisotopic (exact) mass is 316 g/mol. The van der Waals surface area contributed by atoms with E-state index >= 15 is 0 Å². The predicted molar refractivity (Wildman–Crippen MR) is 83.5 cm³/mol. The molecule has 2 rings (SSSR count). The van der Waals surface area contributed by atoms with E-state index < -0.39 is 17.8 Å². The molecule has 5 nitrogen and oxygen atoms in total. The lowest BCUT2D eigenvalue weighted by molar-refractivity contribution is 0.0914. The van der Waals surface area contributed by atoms with Gasteiger partial charge in [0, 0.05) is 30.3 Å². The largest absolute Gasteiger partial charge is 0.386 e.